The Labute approximate surface area is 154 Å². The second-order valence-electron chi connectivity index (χ2n) is 5.52. The Bertz CT molecular complexity index is 352. The summed E-state index contributed by atoms with van der Waals surface area (Å²) in [6.45, 7) is 8.60. The predicted octanol–water partition coefficient (Wildman–Crippen LogP) is 1.65. The van der Waals surface area contributed by atoms with Gasteiger partial charge in [0.2, 0.25) is 0 Å². The van der Waals surface area contributed by atoms with E-state index in [1.165, 1.54) is 51.9 Å². The molecule has 4 aliphatic heterocycles. The van der Waals surface area contributed by atoms with Crippen molar-refractivity contribution in [2.75, 3.05) is 52.4 Å². The summed E-state index contributed by atoms with van der Waals surface area (Å²) in [7, 11) is 0. The molecule has 2 fully saturated rings. The van der Waals surface area contributed by atoms with Gasteiger partial charge in [-0.05, 0) is 78.0 Å². The summed E-state index contributed by atoms with van der Waals surface area (Å²) < 4.78 is 0. The summed E-state index contributed by atoms with van der Waals surface area (Å²) in [4.78, 5) is 13.2. The summed E-state index contributed by atoms with van der Waals surface area (Å²) in [6, 6.07) is 0. The zero-order valence-electron chi connectivity index (χ0n) is 12.8. The van der Waals surface area contributed by atoms with Crippen LogP contribution < -0.4 is 0 Å². The summed E-state index contributed by atoms with van der Waals surface area (Å²) in [5.41, 5.74) is 0. The van der Waals surface area contributed by atoms with Crippen molar-refractivity contribution in [2.24, 2.45) is 9.98 Å². The minimum Gasteiger partial charge on any atom is -0.426 e. The van der Waals surface area contributed by atoms with Crippen molar-refractivity contribution >= 4 is 11.9 Å². The Hall–Kier alpha value is -0.421. The maximum Gasteiger partial charge on any atom is 1.00 e. The molecule has 4 rings (SSSR count). The number of nitrogens with zero attached hydrogens (tertiary/aromatic N) is 6. The molecule has 0 aromatic carbocycles. The van der Waals surface area contributed by atoms with Crippen molar-refractivity contribution in [2.45, 2.75) is 25.7 Å². The van der Waals surface area contributed by atoms with Gasteiger partial charge >= 0.3 is 34.1 Å². The van der Waals surface area contributed by atoms with Crippen molar-refractivity contribution < 1.29 is 34.1 Å². The van der Waals surface area contributed by atoms with Gasteiger partial charge in [-0.2, -0.15) is 0 Å². The predicted molar refractivity (Wildman–Crippen MR) is 82.7 cm³/mol. The van der Waals surface area contributed by atoms with E-state index in [4.69, 9.17) is 0 Å². The molecule has 0 aromatic heterocycles. The Morgan fingerprint density at radius 1 is 0.636 bits per heavy atom. The van der Waals surface area contributed by atoms with Gasteiger partial charge in [0.15, 0.2) is 0 Å². The summed E-state index contributed by atoms with van der Waals surface area (Å²) >= 11 is 0. The van der Waals surface area contributed by atoms with Crippen LogP contribution in [0.25, 0.3) is 10.6 Å². The van der Waals surface area contributed by atoms with Crippen LogP contribution in [0.2, 0.25) is 0 Å². The van der Waals surface area contributed by atoms with Crippen molar-refractivity contribution in [1.82, 2.24) is 9.80 Å². The van der Waals surface area contributed by atoms with Crippen LogP contribution in [0.1, 0.15) is 25.7 Å². The molecule has 0 unspecified atom stereocenters. The molecule has 0 spiro atoms. The van der Waals surface area contributed by atoms with Crippen molar-refractivity contribution in [3.8, 4) is 0 Å². The molecule has 4 aliphatic rings. The van der Waals surface area contributed by atoms with Gasteiger partial charge in [-0.15, -0.1) is 0 Å². The van der Waals surface area contributed by atoms with Crippen LogP contribution in [0.3, 0.4) is 0 Å². The molecule has 0 radical (unpaired) electrons. The fraction of sp³-hybridized carbons (Fsp3) is 0.857. The molecule has 0 N–H and O–H groups in total. The molecule has 0 saturated carbocycles. The molecule has 4 heterocycles. The number of guanidine groups is 2. The van der Waals surface area contributed by atoms with E-state index < -0.39 is 0 Å². The molecule has 0 amide bonds. The van der Waals surface area contributed by atoms with Gasteiger partial charge in [0.25, 0.3) is 0 Å². The molecule has 0 aliphatic carbocycles. The van der Waals surface area contributed by atoms with Crippen molar-refractivity contribution in [3.05, 3.63) is 10.6 Å². The van der Waals surface area contributed by atoms with Crippen molar-refractivity contribution in [1.29, 1.82) is 0 Å². The van der Waals surface area contributed by atoms with E-state index in [-0.39, 0.29) is 34.1 Å². The first kappa shape index (κ1) is 19.6. The minimum atomic E-state index is 0. The standard InChI is InChI=1S/2C7H12N3.2Cu/c2*1-3-8-7-9-4-2-6-10(7)5-1;;/h2*1-6H2;;/q2*-1;2*+1. The fourth-order valence-corrected chi connectivity index (χ4v) is 2.89. The van der Waals surface area contributed by atoms with E-state index in [0.717, 1.165) is 38.1 Å². The van der Waals surface area contributed by atoms with E-state index >= 15 is 0 Å². The van der Waals surface area contributed by atoms with Crippen molar-refractivity contribution in [3.63, 3.8) is 0 Å². The maximum absolute atomic E-state index is 4.33. The fourth-order valence-electron chi connectivity index (χ4n) is 2.89. The zero-order valence-corrected chi connectivity index (χ0v) is 14.7. The van der Waals surface area contributed by atoms with E-state index in [9.17, 15) is 0 Å². The molecule has 6 nitrogen and oxygen atoms in total. The number of aliphatic imine (C=N–C) groups is 2. The maximum atomic E-state index is 4.33. The number of hydrogen-bond donors (Lipinski definition) is 0. The molecule has 8 heteroatoms. The number of rotatable bonds is 0. The third-order valence-electron chi connectivity index (χ3n) is 3.92. The first-order chi connectivity index (χ1) is 9.93. The van der Waals surface area contributed by atoms with Gasteiger partial charge in [0.05, 0.1) is 0 Å². The van der Waals surface area contributed by atoms with Crippen LogP contribution >= 0.6 is 0 Å². The molecule has 2 saturated heterocycles. The van der Waals surface area contributed by atoms with Gasteiger partial charge in [-0.1, -0.05) is 0 Å². The Balaban J connectivity index is 0.000000202. The Morgan fingerprint density at radius 3 is 1.45 bits per heavy atom. The number of hydrogen-bond acceptors (Lipinski definition) is 4. The topological polar surface area (TPSA) is 59.4 Å². The van der Waals surface area contributed by atoms with Gasteiger partial charge in [0.1, 0.15) is 0 Å². The third kappa shape index (κ3) is 5.34. The molecule has 0 atom stereocenters. The molecule has 0 aromatic rings. The first-order valence-electron chi connectivity index (χ1n) is 7.87. The smallest absolute Gasteiger partial charge is 0.426 e. The van der Waals surface area contributed by atoms with E-state index in [0.29, 0.717) is 0 Å². The molecule has 22 heavy (non-hydrogen) atoms. The Morgan fingerprint density at radius 2 is 1.05 bits per heavy atom. The molecular weight excluding hydrogens is 379 g/mol. The average Bonchev–Trinajstić information content (AvgIpc) is 2.56. The van der Waals surface area contributed by atoms with Crippen LogP contribution in [0.4, 0.5) is 0 Å². The zero-order chi connectivity index (χ0) is 13.6. The van der Waals surface area contributed by atoms with Gasteiger partial charge < -0.3 is 30.4 Å². The molecule has 132 valence electrons. The normalized spacial score (nSPS) is 22.5. The van der Waals surface area contributed by atoms with E-state index in [1.807, 2.05) is 0 Å². The largest absolute Gasteiger partial charge is 1.00 e. The van der Waals surface area contributed by atoms with Crippen LogP contribution in [-0.4, -0.2) is 74.1 Å². The molecular formula is C14H24Cu2N6. The van der Waals surface area contributed by atoms with E-state index in [1.54, 1.807) is 0 Å². The summed E-state index contributed by atoms with van der Waals surface area (Å²) in [5.74, 6) is 2.02. The average molecular weight is 403 g/mol. The van der Waals surface area contributed by atoms with Crippen LogP contribution in [0.15, 0.2) is 9.98 Å². The molecule has 0 bridgehead atoms. The first-order valence-corrected chi connectivity index (χ1v) is 7.87. The minimum absolute atomic E-state index is 0. The van der Waals surface area contributed by atoms with Gasteiger partial charge in [0, 0.05) is 11.9 Å². The SMILES string of the molecule is C1CN=C2[N-]CCCN2C1.C1CN=C2[N-]CCCN2C1.[Cu+].[Cu+]. The van der Waals surface area contributed by atoms with Crippen LogP contribution in [-0.2, 0) is 34.1 Å². The monoisotopic (exact) mass is 402 g/mol. The second-order valence-corrected chi connectivity index (χ2v) is 5.52. The third-order valence-corrected chi connectivity index (χ3v) is 3.92. The summed E-state index contributed by atoms with van der Waals surface area (Å²) in [5, 5.41) is 8.65. The second kappa shape index (κ2) is 10.4. The van der Waals surface area contributed by atoms with E-state index in [2.05, 4.69) is 30.4 Å². The Kier molecular flexibility index (Phi) is 9.25. The number of fused-ring (bicyclic) bond motifs is 2. The quantitative estimate of drug-likeness (QED) is 0.578. The van der Waals surface area contributed by atoms with Gasteiger partial charge in [-0.25, -0.2) is 0 Å². The summed E-state index contributed by atoms with van der Waals surface area (Å²) in [6.07, 6.45) is 4.83. The van der Waals surface area contributed by atoms with Crippen LogP contribution in [0, 0.1) is 0 Å². The van der Waals surface area contributed by atoms with Gasteiger partial charge in [-0.3, -0.25) is 0 Å². The van der Waals surface area contributed by atoms with Crippen LogP contribution in [0.5, 0.6) is 0 Å².